The monoisotopic (exact) mass is 422 g/mol. The number of rotatable bonds is 11. The molecule has 1 unspecified atom stereocenters. The van der Waals surface area contributed by atoms with E-state index in [9.17, 15) is 14.4 Å². The van der Waals surface area contributed by atoms with Gasteiger partial charge in [0.2, 0.25) is 5.91 Å². The van der Waals surface area contributed by atoms with Crippen molar-refractivity contribution in [1.29, 1.82) is 0 Å². The summed E-state index contributed by atoms with van der Waals surface area (Å²) in [5, 5.41) is 5.71. The third-order valence-corrected chi connectivity index (χ3v) is 5.33. The predicted octanol–water partition coefficient (Wildman–Crippen LogP) is 5.58. The van der Waals surface area contributed by atoms with E-state index >= 15 is 0 Å². The van der Waals surface area contributed by atoms with E-state index in [0.29, 0.717) is 36.4 Å². The summed E-state index contributed by atoms with van der Waals surface area (Å²) in [7, 11) is 0. The maximum absolute atomic E-state index is 12.3. The van der Waals surface area contributed by atoms with Gasteiger partial charge in [0.05, 0.1) is 0 Å². The summed E-state index contributed by atoms with van der Waals surface area (Å²) in [4.78, 5) is 36.7. The smallest absolute Gasteiger partial charge is 0.251 e. The van der Waals surface area contributed by atoms with Crippen LogP contribution in [0.25, 0.3) is 0 Å². The predicted molar refractivity (Wildman–Crippen MR) is 126 cm³/mol. The van der Waals surface area contributed by atoms with Gasteiger partial charge in [-0.3, -0.25) is 14.4 Å². The lowest BCUT2D eigenvalue weighted by atomic mass is 9.95. The van der Waals surface area contributed by atoms with Crippen LogP contribution in [0.15, 0.2) is 48.5 Å². The number of benzene rings is 2. The molecule has 5 nitrogen and oxygen atoms in total. The maximum atomic E-state index is 12.3. The molecule has 1 atom stereocenters. The zero-order valence-corrected chi connectivity index (χ0v) is 19.0. The van der Waals surface area contributed by atoms with Gasteiger partial charge in [-0.15, -0.1) is 0 Å². The molecule has 2 rings (SSSR count). The molecule has 0 saturated carbocycles. The minimum Gasteiger partial charge on any atom is -0.352 e. The lowest BCUT2D eigenvalue weighted by molar-refractivity contribution is -0.116. The van der Waals surface area contributed by atoms with E-state index in [-0.39, 0.29) is 23.5 Å². The fourth-order valence-corrected chi connectivity index (χ4v) is 3.36. The summed E-state index contributed by atoms with van der Waals surface area (Å²) in [5.41, 5.74) is 3.15. The van der Waals surface area contributed by atoms with Crippen LogP contribution >= 0.6 is 0 Å². The van der Waals surface area contributed by atoms with Crippen molar-refractivity contribution in [1.82, 2.24) is 5.32 Å². The van der Waals surface area contributed by atoms with Crippen LogP contribution < -0.4 is 10.6 Å². The van der Waals surface area contributed by atoms with E-state index in [2.05, 4.69) is 31.4 Å². The van der Waals surface area contributed by atoms with Crippen LogP contribution in [0.5, 0.6) is 0 Å². The fraction of sp³-hybridized carbons (Fsp3) is 0.423. The normalized spacial score (nSPS) is 11.8. The van der Waals surface area contributed by atoms with Crippen molar-refractivity contribution in [3.63, 3.8) is 0 Å². The topological polar surface area (TPSA) is 75.3 Å². The largest absolute Gasteiger partial charge is 0.352 e. The first-order valence-electron chi connectivity index (χ1n) is 11.1. The number of carbonyl (C=O) groups is 3. The molecule has 2 N–H and O–H groups in total. The number of hydrogen-bond donors (Lipinski definition) is 2. The van der Waals surface area contributed by atoms with Gasteiger partial charge >= 0.3 is 0 Å². The number of nitrogens with one attached hydrogen (secondary N) is 2. The lowest BCUT2D eigenvalue weighted by Crippen LogP contribution is -2.25. The molecule has 0 aliphatic heterocycles. The average Bonchev–Trinajstić information content (AvgIpc) is 2.76. The van der Waals surface area contributed by atoms with Crippen LogP contribution in [-0.4, -0.2) is 24.1 Å². The van der Waals surface area contributed by atoms with E-state index in [1.54, 1.807) is 24.3 Å². The van der Waals surface area contributed by atoms with Crippen LogP contribution in [0.3, 0.4) is 0 Å². The van der Waals surface area contributed by atoms with Crippen LogP contribution in [0.1, 0.15) is 85.6 Å². The van der Waals surface area contributed by atoms with Gasteiger partial charge in [-0.05, 0) is 48.6 Å². The van der Waals surface area contributed by atoms with Gasteiger partial charge < -0.3 is 10.6 Å². The molecule has 2 aromatic rings. The van der Waals surface area contributed by atoms with Crippen LogP contribution in [0, 0.1) is 5.92 Å². The second-order valence-electron chi connectivity index (χ2n) is 8.32. The lowest BCUT2D eigenvalue weighted by Gasteiger charge is -2.10. The molecule has 0 bridgehead atoms. The molecule has 0 heterocycles. The summed E-state index contributed by atoms with van der Waals surface area (Å²) < 4.78 is 0. The molecule has 0 radical (unpaired) electrons. The second kappa shape index (κ2) is 12.0. The first-order chi connectivity index (χ1) is 14.8. The Morgan fingerprint density at radius 2 is 1.48 bits per heavy atom. The minimum absolute atomic E-state index is 0.0102. The van der Waals surface area contributed by atoms with E-state index in [0.717, 1.165) is 18.5 Å². The zero-order chi connectivity index (χ0) is 22.8. The summed E-state index contributed by atoms with van der Waals surface area (Å²) in [6.07, 6.45) is 2.70. The summed E-state index contributed by atoms with van der Waals surface area (Å²) in [6, 6.07) is 14.6. The average molecular weight is 423 g/mol. The highest BCUT2D eigenvalue weighted by Crippen LogP contribution is 2.17. The Balaban J connectivity index is 1.73. The van der Waals surface area contributed by atoms with Crippen molar-refractivity contribution in [2.45, 2.75) is 59.3 Å². The molecule has 0 aromatic heterocycles. The van der Waals surface area contributed by atoms with Gasteiger partial charge in [0.15, 0.2) is 5.78 Å². The van der Waals surface area contributed by atoms with Crippen molar-refractivity contribution >= 4 is 23.3 Å². The minimum atomic E-state index is -0.203. The highest BCUT2D eigenvalue weighted by atomic mass is 16.2. The summed E-state index contributed by atoms with van der Waals surface area (Å²) >= 11 is 0. The standard InChI is InChI=1S/C26H34N2O3/c1-5-7-19(4)25(30)21-9-11-22(12-10-21)26(31)27-17-6-8-24(29)28-23-15-13-20(14-16-23)18(2)3/h9-16,18-19H,5-8,17H2,1-4H3,(H,27,31)(H,28,29). The molecule has 5 heteroatoms. The van der Waals surface area contributed by atoms with Crippen LogP contribution in [0.2, 0.25) is 0 Å². The Hall–Kier alpha value is -2.95. The van der Waals surface area contributed by atoms with Crippen molar-refractivity contribution in [3.8, 4) is 0 Å². The van der Waals surface area contributed by atoms with Crippen molar-refractivity contribution in [3.05, 3.63) is 65.2 Å². The fourth-order valence-electron chi connectivity index (χ4n) is 3.36. The van der Waals surface area contributed by atoms with Crippen LogP contribution in [0.4, 0.5) is 5.69 Å². The first-order valence-corrected chi connectivity index (χ1v) is 11.1. The number of hydrogen-bond acceptors (Lipinski definition) is 3. The molecule has 0 aliphatic rings. The van der Waals surface area contributed by atoms with E-state index in [1.165, 1.54) is 5.56 Å². The Labute approximate surface area is 185 Å². The zero-order valence-electron chi connectivity index (χ0n) is 19.0. The van der Waals surface area contributed by atoms with Gasteiger partial charge in [-0.2, -0.15) is 0 Å². The van der Waals surface area contributed by atoms with Crippen molar-refractivity contribution in [2.75, 3.05) is 11.9 Å². The summed E-state index contributed by atoms with van der Waals surface area (Å²) in [5.74, 6) is 0.276. The highest BCUT2D eigenvalue weighted by Gasteiger charge is 2.15. The SMILES string of the molecule is CCCC(C)C(=O)c1ccc(C(=O)NCCCC(=O)Nc2ccc(C(C)C)cc2)cc1. The molecule has 166 valence electrons. The Morgan fingerprint density at radius 1 is 0.871 bits per heavy atom. The van der Waals surface area contributed by atoms with Gasteiger partial charge in [0.1, 0.15) is 0 Å². The maximum Gasteiger partial charge on any atom is 0.251 e. The molecule has 0 fully saturated rings. The molecule has 2 amide bonds. The number of amides is 2. The van der Waals surface area contributed by atoms with E-state index in [1.807, 2.05) is 31.2 Å². The Kier molecular flexibility index (Phi) is 9.44. The molecular weight excluding hydrogens is 388 g/mol. The Morgan fingerprint density at radius 3 is 2.06 bits per heavy atom. The van der Waals surface area contributed by atoms with E-state index < -0.39 is 0 Å². The molecular formula is C26H34N2O3. The third-order valence-electron chi connectivity index (χ3n) is 5.33. The molecule has 2 aromatic carbocycles. The number of Topliss-reactive ketones (excluding diaryl/α,β-unsaturated/α-hetero) is 1. The molecule has 0 saturated heterocycles. The Bertz CT molecular complexity index is 871. The molecule has 31 heavy (non-hydrogen) atoms. The van der Waals surface area contributed by atoms with Gasteiger partial charge in [0.25, 0.3) is 5.91 Å². The number of ketones is 1. The highest BCUT2D eigenvalue weighted by molar-refractivity contribution is 5.99. The van der Waals surface area contributed by atoms with E-state index in [4.69, 9.17) is 0 Å². The van der Waals surface area contributed by atoms with Crippen LogP contribution in [-0.2, 0) is 4.79 Å². The van der Waals surface area contributed by atoms with Crippen molar-refractivity contribution < 1.29 is 14.4 Å². The second-order valence-corrected chi connectivity index (χ2v) is 8.32. The van der Waals surface area contributed by atoms with Gasteiger partial charge in [-0.25, -0.2) is 0 Å². The number of anilines is 1. The quantitative estimate of drug-likeness (QED) is 0.367. The third kappa shape index (κ3) is 7.67. The summed E-state index contributed by atoms with van der Waals surface area (Å²) in [6.45, 7) is 8.66. The van der Waals surface area contributed by atoms with Crippen molar-refractivity contribution in [2.24, 2.45) is 5.92 Å². The molecule has 0 spiro atoms. The van der Waals surface area contributed by atoms with Gasteiger partial charge in [0, 0.05) is 35.7 Å². The van der Waals surface area contributed by atoms with Gasteiger partial charge in [-0.1, -0.05) is 58.4 Å². The number of carbonyl (C=O) groups excluding carboxylic acids is 3. The first kappa shape index (κ1) is 24.3. The molecule has 0 aliphatic carbocycles.